The number of hydrogen-bond acceptors (Lipinski definition) is 4. The first-order valence-corrected chi connectivity index (χ1v) is 8.50. The summed E-state index contributed by atoms with van der Waals surface area (Å²) in [4.78, 5) is 8.79. The highest BCUT2D eigenvalue weighted by atomic mass is 32.1. The molecule has 0 fully saturated rings. The van der Waals surface area contributed by atoms with Crippen LogP contribution in [-0.2, 0) is 6.42 Å². The Labute approximate surface area is 121 Å². The first-order chi connectivity index (χ1) is 9.17. The second kappa shape index (κ2) is 6.71. The molecule has 1 aliphatic rings. The van der Waals surface area contributed by atoms with Crippen molar-refractivity contribution in [2.75, 3.05) is 11.4 Å². The zero-order chi connectivity index (χ0) is 13.8. The van der Waals surface area contributed by atoms with Crippen molar-refractivity contribution >= 4 is 16.5 Å². The number of rotatable bonds is 6. The quantitative estimate of drug-likeness (QED) is 0.860. The Balaban J connectivity index is 2.21. The van der Waals surface area contributed by atoms with Crippen molar-refractivity contribution in [2.24, 2.45) is 5.73 Å². The Hall–Kier alpha value is -0.610. The van der Waals surface area contributed by atoms with Gasteiger partial charge in [-0.2, -0.15) is 0 Å². The van der Waals surface area contributed by atoms with Crippen molar-refractivity contribution in [1.29, 1.82) is 0 Å². The molecule has 3 nitrogen and oxygen atoms in total. The van der Waals surface area contributed by atoms with Gasteiger partial charge in [-0.25, -0.2) is 4.98 Å². The fraction of sp³-hybridized carbons (Fsp3) is 0.800. The van der Waals surface area contributed by atoms with Crippen LogP contribution in [0.1, 0.15) is 69.5 Å². The van der Waals surface area contributed by atoms with Crippen LogP contribution in [0.5, 0.6) is 0 Å². The fourth-order valence-electron chi connectivity index (χ4n) is 2.61. The highest BCUT2D eigenvalue weighted by Gasteiger charge is 2.25. The minimum Gasteiger partial charge on any atom is -0.345 e. The van der Waals surface area contributed by atoms with Gasteiger partial charge in [-0.05, 0) is 39.0 Å². The molecule has 1 heterocycles. The van der Waals surface area contributed by atoms with E-state index in [2.05, 4.69) is 25.7 Å². The van der Waals surface area contributed by atoms with Crippen LogP contribution in [0.2, 0.25) is 0 Å². The summed E-state index contributed by atoms with van der Waals surface area (Å²) in [5, 5.41) is 1.20. The minimum absolute atomic E-state index is 0.165. The molecule has 2 N–H and O–H groups in total. The van der Waals surface area contributed by atoms with Crippen LogP contribution in [0.25, 0.3) is 0 Å². The third-order valence-corrected chi connectivity index (χ3v) is 5.28. The summed E-state index contributed by atoms with van der Waals surface area (Å²) in [6.07, 6.45) is 7.11. The van der Waals surface area contributed by atoms with Crippen LogP contribution < -0.4 is 10.6 Å². The number of hydrogen-bond donors (Lipinski definition) is 1. The summed E-state index contributed by atoms with van der Waals surface area (Å²) in [6.45, 7) is 7.92. The molecule has 19 heavy (non-hydrogen) atoms. The molecule has 0 amide bonds. The van der Waals surface area contributed by atoms with Crippen LogP contribution in [-0.4, -0.2) is 17.6 Å². The normalized spacial score (nSPS) is 20.1. The van der Waals surface area contributed by atoms with E-state index in [1.165, 1.54) is 47.8 Å². The maximum absolute atomic E-state index is 6.19. The van der Waals surface area contributed by atoms with Crippen molar-refractivity contribution in [3.8, 4) is 0 Å². The van der Waals surface area contributed by atoms with Crippen molar-refractivity contribution in [3.63, 3.8) is 0 Å². The van der Waals surface area contributed by atoms with E-state index < -0.39 is 0 Å². The van der Waals surface area contributed by atoms with Gasteiger partial charge in [0.2, 0.25) is 0 Å². The lowest BCUT2D eigenvalue weighted by atomic mass is 9.99. The van der Waals surface area contributed by atoms with Gasteiger partial charge in [0, 0.05) is 23.5 Å². The topological polar surface area (TPSA) is 42.2 Å². The molecule has 2 rings (SSSR count). The predicted molar refractivity (Wildman–Crippen MR) is 84.0 cm³/mol. The molecule has 0 aliphatic heterocycles. The minimum atomic E-state index is 0.165. The molecule has 0 spiro atoms. The zero-order valence-corrected chi connectivity index (χ0v) is 13.3. The van der Waals surface area contributed by atoms with Crippen molar-refractivity contribution in [2.45, 2.75) is 71.4 Å². The molecular formula is C15H27N3S. The van der Waals surface area contributed by atoms with E-state index in [9.17, 15) is 0 Å². The van der Waals surface area contributed by atoms with Gasteiger partial charge in [-0.1, -0.05) is 20.3 Å². The Morgan fingerprint density at radius 2 is 2.26 bits per heavy atom. The van der Waals surface area contributed by atoms with Gasteiger partial charge in [0.05, 0.1) is 5.69 Å². The smallest absolute Gasteiger partial charge is 0.186 e. The summed E-state index contributed by atoms with van der Waals surface area (Å²) < 4.78 is 0. The van der Waals surface area contributed by atoms with Gasteiger partial charge in [-0.3, -0.25) is 0 Å². The van der Waals surface area contributed by atoms with Gasteiger partial charge >= 0.3 is 0 Å². The average Bonchev–Trinajstić information content (AvgIpc) is 2.84. The molecule has 1 aromatic heterocycles. The summed E-state index contributed by atoms with van der Waals surface area (Å²) in [6, 6.07) is 0.731. The SMILES string of the molecule is CCCCN(c1nc2c(s1)CCCC2N)C(C)CC. The van der Waals surface area contributed by atoms with Crippen LogP contribution in [0.3, 0.4) is 0 Å². The van der Waals surface area contributed by atoms with Crippen LogP contribution in [0, 0.1) is 0 Å². The molecule has 108 valence electrons. The molecule has 4 heteroatoms. The second-order valence-corrected chi connectivity index (χ2v) is 6.67. The number of fused-ring (bicyclic) bond motifs is 1. The summed E-state index contributed by atoms with van der Waals surface area (Å²) in [7, 11) is 0. The van der Waals surface area contributed by atoms with E-state index in [0.29, 0.717) is 6.04 Å². The zero-order valence-electron chi connectivity index (χ0n) is 12.5. The summed E-state index contributed by atoms with van der Waals surface area (Å²) in [5.41, 5.74) is 7.37. The Bertz CT molecular complexity index is 402. The molecular weight excluding hydrogens is 254 g/mol. The standard InChI is InChI=1S/C15H27N3S/c1-4-6-10-18(11(3)5-2)15-17-14-12(16)8-7-9-13(14)19-15/h11-12H,4-10,16H2,1-3H3. The van der Waals surface area contributed by atoms with Gasteiger partial charge in [-0.15, -0.1) is 11.3 Å². The lowest BCUT2D eigenvalue weighted by molar-refractivity contribution is 0.559. The third kappa shape index (κ3) is 3.29. The van der Waals surface area contributed by atoms with E-state index in [4.69, 9.17) is 10.7 Å². The largest absolute Gasteiger partial charge is 0.345 e. The van der Waals surface area contributed by atoms with Gasteiger partial charge in [0.1, 0.15) is 0 Å². The number of thiazole rings is 1. The number of aromatic nitrogens is 1. The first-order valence-electron chi connectivity index (χ1n) is 7.69. The fourth-order valence-corrected chi connectivity index (χ4v) is 3.92. The highest BCUT2D eigenvalue weighted by Crippen LogP contribution is 2.36. The second-order valence-electron chi connectivity index (χ2n) is 5.61. The Morgan fingerprint density at radius 3 is 2.89 bits per heavy atom. The van der Waals surface area contributed by atoms with Crippen molar-refractivity contribution in [3.05, 3.63) is 10.6 Å². The third-order valence-electron chi connectivity index (χ3n) is 4.11. The van der Waals surface area contributed by atoms with Crippen LogP contribution in [0.15, 0.2) is 0 Å². The van der Waals surface area contributed by atoms with E-state index in [1.807, 2.05) is 11.3 Å². The Morgan fingerprint density at radius 1 is 1.47 bits per heavy atom. The Kier molecular flexibility index (Phi) is 5.22. The molecule has 1 aliphatic carbocycles. The highest BCUT2D eigenvalue weighted by molar-refractivity contribution is 7.15. The predicted octanol–water partition coefficient (Wildman–Crippen LogP) is 3.88. The van der Waals surface area contributed by atoms with Crippen molar-refractivity contribution in [1.82, 2.24) is 4.98 Å². The lowest BCUT2D eigenvalue weighted by Crippen LogP contribution is -2.33. The van der Waals surface area contributed by atoms with Crippen LogP contribution in [0.4, 0.5) is 5.13 Å². The molecule has 0 bridgehead atoms. The number of nitrogens with zero attached hydrogens (tertiary/aromatic N) is 2. The molecule has 0 radical (unpaired) electrons. The van der Waals surface area contributed by atoms with E-state index >= 15 is 0 Å². The summed E-state index contributed by atoms with van der Waals surface area (Å²) in [5.74, 6) is 0. The molecule has 0 saturated heterocycles. The maximum atomic E-state index is 6.19. The number of nitrogens with two attached hydrogens (primary N) is 1. The number of aryl methyl sites for hydroxylation is 1. The number of unbranched alkanes of at least 4 members (excludes halogenated alkanes) is 1. The number of anilines is 1. The monoisotopic (exact) mass is 281 g/mol. The van der Waals surface area contributed by atoms with Gasteiger partial charge in [0.15, 0.2) is 5.13 Å². The molecule has 0 saturated carbocycles. The maximum Gasteiger partial charge on any atom is 0.186 e. The van der Waals surface area contributed by atoms with Gasteiger partial charge in [0.25, 0.3) is 0 Å². The first kappa shape index (κ1) is 14.8. The van der Waals surface area contributed by atoms with Crippen LogP contribution >= 0.6 is 11.3 Å². The van der Waals surface area contributed by atoms with E-state index in [-0.39, 0.29) is 6.04 Å². The lowest BCUT2D eigenvalue weighted by Gasteiger charge is -2.28. The molecule has 2 unspecified atom stereocenters. The summed E-state index contributed by atoms with van der Waals surface area (Å²) >= 11 is 1.88. The average molecular weight is 281 g/mol. The molecule has 0 aromatic carbocycles. The van der Waals surface area contributed by atoms with E-state index in [0.717, 1.165) is 13.0 Å². The van der Waals surface area contributed by atoms with Gasteiger partial charge < -0.3 is 10.6 Å². The molecule has 2 atom stereocenters. The van der Waals surface area contributed by atoms with Crippen molar-refractivity contribution < 1.29 is 0 Å². The van der Waals surface area contributed by atoms with E-state index in [1.54, 1.807) is 0 Å². The molecule has 1 aromatic rings.